The van der Waals surface area contributed by atoms with Gasteiger partial charge in [0.25, 0.3) is 5.91 Å². The minimum atomic E-state index is -0.414. The predicted octanol–water partition coefficient (Wildman–Crippen LogP) is 3.23. The Hall–Kier alpha value is -4.01. The Morgan fingerprint density at radius 2 is 1.93 bits per heavy atom. The van der Waals surface area contributed by atoms with Crippen molar-refractivity contribution in [3.8, 4) is 11.4 Å². The highest BCUT2D eigenvalue weighted by molar-refractivity contribution is 6.32. The van der Waals surface area contributed by atoms with Gasteiger partial charge in [0.2, 0.25) is 0 Å². The van der Waals surface area contributed by atoms with Crippen molar-refractivity contribution in [3.63, 3.8) is 0 Å². The molecule has 3 aromatic rings. The van der Waals surface area contributed by atoms with Gasteiger partial charge in [-0.2, -0.15) is 0 Å². The fourth-order valence-corrected chi connectivity index (χ4v) is 3.31. The number of nitrogens with one attached hydrogen (secondary N) is 3. The van der Waals surface area contributed by atoms with Crippen LogP contribution in [0.1, 0.15) is 36.2 Å². The van der Waals surface area contributed by atoms with E-state index in [4.69, 9.17) is 4.74 Å². The second-order valence-corrected chi connectivity index (χ2v) is 6.59. The third-order valence-corrected chi connectivity index (χ3v) is 4.73. The summed E-state index contributed by atoms with van der Waals surface area (Å²) >= 11 is 0. The van der Waals surface area contributed by atoms with Gasteiger partial charge in [-0.25, -0.2) is 9.89 Å². The van der Waals surface area contributed by atoms with Crippen molar-refractivity contribution >= 4 is 28.8 Å². The molecule has 30 heavy (non-hydrogen) atoms. The van der Waals surface area contributed by atoms with Gasteiger partial charge < -0.3 is 15.4 Å². The van der Waals surface area contributed by atoms with Gasteiger partial charge >= 0.3 is 5.97 Å². The maximum absolute atomic E-state index is 12.7. The van der Waals surface area contributed by atoms with Crippen LogP contribution in [0.5, 0.6) is 0 Å². The minimum absolute atomic E-state index is 0.209. The number of ether oxygens (including phenoxy) is 1. The molecule has 0 spiro atoms. The molecule has 0 fully saturated rings. The maximum atomic E-state index is 12.7. The normalized spacial score (nSPS) is 14.1. The SMILES string of the molecule is CCOC(=O)c1ccc2c(c1)NC(=O)/C2=C(/CC)Nc1ccc(-c2nnn[nH]2)cc1. The summed E-state index contributed by atoms with van der Waals surface area (Å²) in [6.07, 6.45) is 0.621. The molecule has 0 bridgehead atoms. The first-order valence-corrected chi connectivity index (χ1v) is 9.58. The van der Waals surface area contributed by atoms with Crippen LogP contribution >= 0.6 is 0 Å². The summed E-state index contributed by atoms with van der Waals surface area (Å²) in [5.74, 6) is -0.0419. The number of aromatic nitrogens is 4. The summed E-state index contributed by atoms with van der Waals surface area (Å²) in [4.78, 5) is 24.7. The minimum Gasteiger partial charge on any atom is -0.462 e. The Kier molecular flexibility index (Phi) is 5.25. The predicted molar refractivity (Wildman–Crippen MR) is 111 cm³/mol. The summed E-state index contributed by atoms with van der Waals surface area (Å²) in [6, 6.07) is 12.6. The lowest BCUT2D eigenvalue weighted by molar-refractivity contribution is -0.110. The number of amides is 1. The molecule has 0 saturated heterocycles. The highest BCUT2D eigenvalue weighted by atomic mass is 16.5. The number of hydrogen-bond donors (Lipinski definition) is 3. The van der Waals surface area contributed by atoms with E-state index < -0.39 is 5.97 Å². The first-order valence-electron chi connectivity index (χ1n) is 9.58. The summed E-state index contributed by atoms with van der Waals surface area (Å²) in [5.41, 5.74) is 4.78. The number of rotatable bonds is 6. The van der Waals surface area contributed by atoms with Crippen LogP contribution < -0.4 is 10.6 Å². The number of allylic oxidation sites excluding steroid dienone is 1. The van der Waals surface area contributed by atoms with Crippen molar-refractivity contribution < 1.29 is 14.3 Å². The van der Waals surface area contributed by atoms with Gasteiger partial charge in [0.15, 0.2) is 5.82 Å². The lowest BCUT2D eigenvalue weighted by atomic mass is 10.0. The highest BCUT2D eigenvalue weighted by Crippen LogP contribution is 2.36. The molecular weight excluding hydrogens is 384 g/mol. The van der Waals surface area contributed by atoms with Crippen LogP contribution in [0.2, 0.25) is 0 Å². The Morgan fingerprint density at radius 3 is 2.60 bits per heavy atom. The Balaban J connectivity index is 1.63. The van der Waals surface area contributed by atoms with Crippen LogP contribution in [0.15, 0.2) is 48.2 Å². The van der Waals surface area contributed by atoms with Crippen molar-refractivity contribution in [2.45, 2.75) is 20.3 Å². The van der Waals surface area contributed by atoms with Gasteiger partial charge in [-0.3, -0.25) is 4.79 Å². The van der Waals surface area contributed by atoms with Gasteiger partial charge in [-0.1, -0.05) is 13.0 Å². The second kappa shape index (κ2) is 8.16. The smallest absolute Gasteiger partial charge is 0.338 e. The molecule has 0 atom stereocenters. The van der Waals surface area contributed by atoms with E-state index in [-0.39, 0.29) is 5.91 Å². The number of carbonyl (C=O) groups excluding carboxylic acids is 2. The van der Waals surface area contributed by atoms with Crippen molar-refractivity contribution in [2.24, 2.45) is 0 Å². The van der Waals surface area contributed by atoms with Gasteiger partial charge in [-0.15, -0.1) is 5.10 Å². The van der Waals surface area contributed by atoms with Crippen molar-refractivity contribution in [3.05, 3.63) is 59.3 Å². The molecule has 1 aliphatic rings. The van der Waals surface area contributed by atoms with E-state index in [9.17, 15) is 9.59 Å². The lowest BCUT2D eigenvalue weighted by Crippen LogP contribution is -2.10. The zero-order valence-corrected chi connectivity index (χ0v) is 16.5. The van der Waals surface area contributed by atoms with Crippen LogP contribution in [0, 0.1) is 0 Å². The van der Waals surface area contributed by atoms with Crippen LogP contribution in [-0.4, -0.2) is 39.1 Å². The van der Waals surface area contributed by atoms with E-state index in [2.05, 4.69) is 31.3 Å². The number of anilines is 2. The van der Waals surface area contributed by atoms with Gasteiger partial charge in [0.05, 0.1) is 23.4 Å². The van der Waals surface area contributed by atoms with E-state index in [1.165, 1.54) is 0 Å². The van der Waals surface area contributed by atoms with Crippen molar-refractivity contribution in [1.29, 1.82) is 0 Å². The quantitative estimate of drug-likeness (QED) is 0.426. The number of nitrogens with zero attached hydrogens (tertiary/aromatic N) is 3. The molecule has 1 aromatic heterocycles. The van der Waals surface area contributed by atoms with Crippen LogP contribution in [-0.2, 0) is 9.53 Å². The number of tetrazole rings is 1. The standard InChI is InChI=1S/C21H20N6O3/c1-3-16(22-14-8-5-12(6-9-14)19-24-26-27-25-19)18-15-10-7-13(21(29)30-4-2)11-17(15)23-20(18)28/h5-11,22H,3-4H2,1-2H3,(H,23,28)(H,24,25,26,27)/b18-16-. The van der Waals surface area contributed by atoms with Crippen LogP contribution in [0.4, 0.5) is 11.4 Å². The Morgan fingerprint density at radius 1 is 1.13 bits per heavy atom. The average molecular weight is 404 g/mol. The third kappa shape index (κ3) is 3.64. The molecular formula is C21H20N6O3. The zero-order chi connectivity index (χ0) is 21.1. The van der Waals surface area contributed by atoms with Crippen LogP contribution in [0.25, 0.3) is 17.0 Å². The number of esters is 1. The van der Waals surface area contributed by atoms with Crippen LogP contribution in [0.3, 0.4) is 0 Å². The molecule has 1 amide bonds. The van der Waals surface area contributed by atoms with Crippen molar-refractivity contribution in [1.82, 2.24) is 20.6 Å². The molecule has 2 heterocycles. The van der Waals surface area contributed by atoms with Crippen molar-refractivity contribution in [2.75, 3.05) is 17.2 Å². The van der Waals surface area contributed by atoms with E-state index in [0.717, 1.165) is 22.5 Å². The number of fused-ring (bicyclic) bond motifs is 1. The zero-order valence-electron chi connectivity index (χ0n) is 16.5. The van der Waals surface area contributed by atoms with Gasteiger partial charge in [-0.05, 0) is 60.2 Å². The molecule has 2 aromatic carbocycles. The number of aromatic amines is 1. The molecule has 9 heteroatoms. The first-order chi connectivity index (χ1) is 14.6. The summed E-state index contributed by atoms with van der Waals surface area (Å²) in [5, 5.41) is 19.9. The van der Waals surface area contributed by atoms with E-state index >= 15 is 0 Å². The molecule has 0 aliphatic carbocycles. The average Bonchev–Trinajstić information content (AvgIpc) is 3.40. The molecule has 0 unspecified atom stereocenters. The molecule has 0 radical (unpaired) electrons. The second-order valence-electron chi connectivity index (χ2n) is 6.59. The summed E-state index contributed by atoms with van der Waals surface area (Å²) in [7, 11) is 0. The summed E-state index contributed by atoms with van der Waals surface area (Å²) < 4.78 is 5.03. The fourth-order valence-electron chi connectivity index (χ4n) is 3.31. The number of hydrogen-bond acceptors (Lipinski definition) is 7. The molecule has 1 aliphatic heterocycles. The molecule has 4 rings (SSSR count). The van der Waals surface area contributed by atoms with Gasteiger partial charge in [0, 0.05) is 22.5 Å². The Labute approximate surface area is 172 Å². The van der Waals surface area contributed by atoms with E-state index in [1.54, 1.807) is 25.1 Å². The number of H-pyrrole nitrogens is 1. The molecule has 9 nitrogen and oxygen atoms in total. The Bertz CT molecular complexity index is 1120. The number of carbonyl (C=O) groups is 2. The fraction of sp³-hybridized carbons (Fsp3) is 0.190. The maximum Gasteiger partial charge on any atom is 0.338 e. The molecule has 0 saturated carbocycles. The van der Waals surface area contributed by atoms with E-state index in [1.807, 2.05) is 31.2 Å². The van der Waals surface area contributed by atoms with E-state index in [0.29, 0.717) is 35.7 Å². The third-order valence-electron chi connectivity index (χ3n) is 4.73. The monoisotopic (exact) mass is 404 g/mol. The van der Waals surface area contributed by atoms with Gasteiger partial charge in [0.1, 0.15) is 0 Å². The highest BCUT2D eigenvalue weighted by Gasteiger charge is 2.28. The molecule has 152 valence electrons. The number of benzene rings is 2. The topological polar surface area (TPSA) is 122 Å². The summed E-state index contributed by atoms with van der Waals surface area (Å²) in [6.45, 7) is 4.02. The lowest BCUT2D eigenvalue weighted by Gasteiger charge is -2.13. The first kappa shape index (κ1) is 19.3. The molecule has 3 N–H and O–H groups in total. The largest absolute Gasteiger partial charge is 0.462 e.